The first-order valence-electron chi connectivity index (χ1n) is 5.61. The summed E-state index contributed by atoms with van der Waals surface area (Å²) in [5.74, 6) is 0.960. The Morgan fingerprint density at radius 1 is 1.24 bits per heavy atom. The summed E-state index contributed by atoms with van der Waals surface area (Å²) >= 11 is 5.82. The number of nitrogens with one attached hydrogen (secondary N) is 1. The van der Waals surface area contributed by atoms with E-state index in [0.717, 1.165) is 30.5 Å². The third-order valence-electron chi connectivity index (χ3n) is 2.56. The van der Waals surface area contributed by atoms with Crippen LogP contribution in [0.15, 0.2) is 30.6 Å². The maximum Gasteiger partial charge on any atom is 0.146 e. The molecule has 1 N–H and O–H groups in total. The zero-order valence-electron chi connectivity index (χ0n) is 9.73. The van der Waals surface area contributed by atoms with Gasteiger partial charge in [-0.05, 0) is 24.6 Å². The predicted molar refractivity (Wildman–Crippen MR) is 67.7 cm³/mol. The highest BCUT2D eigenvalue weighted by molar-refractivity contribution is 6.30. The molecule has 90 valence electrons. The van der Waals surface area contributed by atoms with Crippen molar-refractivity contribution in [1.29, 1.82) is 0 Å². The molecule has 0 unspecified atom stereocenters. The van der Waals surface area contributed by atoms with Crippen LogP contribution < -0.4 is 5.32 Å². The van der Waals surface area contributed by atoms with Crippen molar-refractivity contribution in [1.82, 2.24) is 20.1 Å². The van der Waals surface area contributed by atoms with E-state index in [1.807, 2.05) is 28.8 Å². The number of benzene rings is 1. The molecule has 2 aromatic rings. The van der Waals surface area contributed by atoms with Crippen LogP contribution in [-0.4, -0.2) is 14.8 Å². The Kier molecular flexibility index (Phi) is 4.12. The topological polar surface area (TPSA) is 42.7 Å². The highest BCUT2D eigenvalue weighted by Gasteiger charge is 2.01. The second-order valence-electron chi connectivity index (χ2n) is 3.76. The van der Waals surface area contributed by atoms with Gasteiger partial charge in [-0.15, -0.1) is 10.2 Å². The lowest BCUT2D eigenvalue weighted by Gasteiger charge is -2.05. The Morgan fingerprint density at radius 3 is 2.71 bits per heavy atom. The summed E-state index contributed by atoms with van der Waals surface area (Å²) in [5.41, 5.74) is 1.21. The van der Waals surface area contributed by atoms with E-state index in [0.29, 0.717) is 0 Å². The Balaban J connectivity index is 1.85. The average Bonchev–Trinajstić information content (AvgIpc) is 2.79. The maximum absolute atomic E-state index is 5.82. The van der Waals surface area contributed by atoms with Gasteiger partial charge in [-0.1, -0.05) is 23.7 Å². The van der Waals surface area contributed by atoms with Crippen molar-refractivity contribution in [3.8, 4) is 0 Å². The third-order valence-corrected chi connectivity index (χ3v) is 2.81. The highest BCUT2D eigenvalue weighted by atomic mass is 35.5. The smallest absolute Gasteiger partial charge is 0.146 e. The second-order valence-corrected chi connectivity index (χ2v) is 4.20. The summed E-state index contributed by atoms with van der Waals surface area (Å²) in [5, 5.41) is 12.0. The lowest BCUT2D eigenvalue weighted by Crippen LogP contribution is -2.16. The normalized spacial score (nSPS) is 10.7. The molecule has 1 heterocycles. The van der Waals surface area contributed by atoms with E-state index < -0.39 is 0 Å². The maximum atomic E-state index is 5.82. The van der Waals surface area contributed by atoms with Crippen molar-refractivity contribution < 1.29 is 0 Å². The van der Waals surface area contributed by atoms with Gasteiger partial charge in [-0.2, -0.15) is 0 Å². The van der Waals surface area contributed by atoms with Crippen molar-refractivity contribution >= 4 is 11.6 Å². The molecular formula is C12H15ClN4. The van der Waals surface area contributed by atoms with E-state index in [2.05, 4.69) is 22.4 Å². The van der Waals surface area contributed by atoms with Gasteiger partial charge in [-0.3, -0.25) is 0 Å². The third kappa shape index (κ3) is 3.28. The predicted octanol–water partition coefficient (Wildman–Crippen LogP) is 2.24. The SMILES string of the molecule is CCn1cnnc1CNCc1ccc(Cl)cc1. The van der Waals surface area contributed by atoms with E-state index in [4.69, 9.17) is 11.6 Å². The number of nitrogens with zero attached hydrogens (tertiary/aromatic N) is 3. The van der Waals surface area contributed by atoms with Gasteiger partial charge in [0.25, 0.3) is 0 Å². The zero-order valence-corrected chi connectivity index (χ0v) is 10.5. The van der Waals surface area contributed by atoms with Gasteiger partial charge >= 0.3 is 0 Å². The first-order valence-corrected chi connectivity index (χ1v) is 5.99. The van der Waals surface area contributed by atoms with Crippen molar-refractivity contribution in [3.05, 3.63) is 47.0 Å². The molecule has 0 atom stereocenters. The minimum Gasteiger partial charge on any atom is -0.317 e. The van der Waals surface area contributed by atoms with Crippen LogP contribution in [0.25, 0.3) is 0 Å². The number of rotatable bonds is 5. The molecule has 2 rings (SSSR count). The summed E-state index contributed by atoms with van der Waals surface area (Å²) in [6.45, 7) is 4.49. The van der Waals surface area contributed by atoms with Crippen LogP contribution in [0.4, 0.5) is 0 Å². The van der Waals surface area contributed by atoms with Crippen LogP contribution in [0, 0.1) is 0 Å². The molecule has 0 radical (unpaired) electrons. The number of aromatic nitrogens is 3. The molecule has 0 saturated heterocycles. The van der Waals surface area contributed by atoms with Crippen molar-refractivity contribution in [2.75, 3.05) is 0 Å². The molecule has 0 bridgehead atoms. The van der Waals surface area contributed by atoms with E-state index in [1.165, 1.54) is 5.56 Å². The van der Waals surface area contributed by atoms with E-state index >= 15 is 0 Å². The van der Waals surface area contributed by atoms with E-state index in [1.54, 1.807) is 6.33 Å². The van der Waals surface area contributed by atoms with Crippen LogP contribution in [0.1, 0.15) is 18.3 Å². The minimum atomic E-state index is 0.719. The van der Waals surface area contributed by atoms with Gasteiger partial charge in [0.05, 0.1) is 6.54 Å². The molecule has 0 saturated carbocycles. The fourth-order valence-electron chi connectivity index (χ4n) is 1.60. The van der Waals surface area contributed by atoms with Gasteiger partial charge < -0.3 is 9.88 Å². The summed E-state index contributed by atoms with van der Waals surface area (Å²) < 4.78 is 2.02. The lowest BCUT2D eigenvalue weighted by molar-refractivity contribution is 0.612. The number of halogens is 1. The number of hydrogen-bond acceptors (Lipinski definition) is 3. The molecule has 0 fully saturated rings. The monoisotopic (exact) mass is 250 g/mol. The molecular weight excluding hydrogens is 236 g/mol. The number of aryl methyl sites for hydroxylation is 1. The fourth-order valence-corrected chi connectivity index (χ4v) is 1.73. The molecule has 1 aromatic heterocycles. The van der Waals surface area contributed by atoms with Crippen molar-refractivity contribution in [2.24, 2.45) is 0 Å². The first-order chi connectivity index (χ1) is 8.29. The Hall–Kier alpha value is -1.39. The molecule has 17 heavy (non-hydrogen) atoms. The first kappa shape index (κ1) is 12.1. The molecule has 0 amide bonds. The Bertz CT molecular complexity index is 464. The van der Waals surface area contributed by atoms with Crippen molar-refractivity contribution in [2.45, 2.75) is 26.6 Å². The molecule has 0 aliphatic rings. The number of hydrogen-bond donors (Lipinski definition) is 1. The summed E-state index contributed by atoms with van der Waals surface area (Å²) in [4.78, 5) is 0. The molecule has 4 nitrogen and oxygen atoms in total. The quantitative estimate of drug-likeness (QED) is 0.885. The lowest BCUT2D eigenvalue weighted by atomic mass is 10.2. The average molecular weight is 251 g/mol. The largest absolute Gasteiger partial charge is 0.317 e. The minimum absolute atomic E-state index is 0.719. The van der Waals surface area contributed by atoms with E-state index in [9.17, 15) is 0 Å². The van der Waals surface area contributed by atoms with Crippen LogP contribution in [0.3, 0.4) is 0 Å². The summed E-state index contributed by atoms with van der Waals surface area (Å²) in [6.07, 6.45) is 1.75. The van der Waals surface area contributed by atoms with Gasteiger partial charge in [0.2, 0.25) is 0 Å². The molecule has 1 aromatic carbocycles. The van der Waals surface area contributed by atoms with Gasteiger partial charge in [0.15, 0.2) is 0 Å². The second kappa shape index (κ2) is 5.80. The van der Waals surface area contributed by atoms with Gasteiger partial charge in [0.1, 0.15) is 12.2 Å². The van der Waals surface area contributed by atoms with Crippen LogP contribution >= 0.6 is 11.6 Å². The van der Waals surface area contributed by atoms with Crippen LogP contribution in [0.2, 0.25) is 5.02 Å². The summed E-state index contributed by atoms with van der Waals surface area (Å²) in [7, 11) is 0. The molecule has 0 spiro atoms. The van der Waals surface area contributed by atoms with E-state index in [-0.39, 0.29) is 0 Å². The van der Waals surface area contributed by atoms with Crippen molar-refractivity contribution in [3.63, 3.8) is 0 Å². The van der Waals surface area contributed by atoms with Crippen LogP contribution in [0.5, 0.6) is 0 Å². The summed E-state index contributed by atoms with van der Waals surface area (Å²) in [6, 6.07) is 7.82. The Labute approximate surface area is 106 Å². The molecule has 0 aliphatic heterocycles. The zero-order chi connectivity index (χ0) is 12.1. The highest BCUT2D eigenvalue weighted by Crippen LogP contribution is 2.09. The molecule has 0 aliphatic carbocycles. The molecule has 5 heteroatoms. The Morgan fingerprint density at radius 2 is 2.00 bits per heavy atom. The van der Waals surface area contributed by atoms with Gasteiger partial charge in [0, 0.05) is 18.1 Å². The fraction of sp³-hybridized carbons (Fsp3) is 0.333. The van der Waals surface area contributed by atoms with Gasteiger partial charge in [-0.25, -0.2) is 0 Å². The standard InChI is InChI=1S/C12H15ClN4/c1-2-17-9-15-16-12(17)8-14-7-10-3-5-11(13)6-4-10/h3-6,9,14H,2,7-8H2,1H3. The van der Waals surface area contributed by atoms with Crippen LogP contribution in [-0.2, 0) is 19.6 Å².